The minimum absolute atomic E-state index is 0.0397. The Morgan fingerprint density at radius 2 is 1.89 bits per heavy atom. The molecule has 1 aliphatic heterocycles. The lowest BCUT2D eigenvalue weighted by Gasteiger charge is -2.34. The molecule has 2 amide bonds. The van der Waals surface area contributed by atoms with Crippen molar-refractivity contribution in [2.24, 2.45) is 5.73 Å². The lowest BCUT2D eigenvalue weighted by Crippen LogP contribution is -2.51. The number of nitrogens with two attached hydrogens (primary N) is 1. The van der Waals surface area contributed by atoms with Crippen LogP contribution in [0.15, 0.2) is 11.4 Å². The molecule has 0 spiro atoms. The first kappa shape index (κ1) is 13.0. The fourth-order valence-electron chi connectivity index (χ4n) is 2.02. The van der Waals surface area contributed by atoms with Crippen molar-refractivity contribution < 1.29 is 9.59 Å². The van der Waals surface area contributed by atoms with Gasteiger partial charge in [-0.1, -0.05) is 0 Å². The Kier molecular flexibility index (Phi) is 3.98. The molecule has 6 heteroatoms. The maximum absolute atomic E-state index is 12.2. The maximum atomic E-state index is 12.2. The first-order valence-corrected chi connectivity index (χ1v) is 6.82. The highest BCUT2D eigenvalue weighted by Gasteiger charge is 2.25. The minimum Gasteiger partial charge on any atom is -0.338 e. The van der Waals surface area contributed by atoms with Crippen molar-refractivity contribution in [2.45, 2.75) is 6.92 Å². The first-order valence-electron chi connectivity index (χ1n) is 5.94. The van der Waals surface area contributed by atoms with Crippen molar-refractivity contribution in [1.29, 1.82) is 0 Å². The molecule has 0 unspecified atom stereocenters. The molecule has 0 bridgehead atoms. The van der Waals surface area contributed by atoms with Crippen LogP contribution < -0.4 is 5.73 Å². The Labute approximate surface area is 110 Å². The predicted octanol–water partition coefficient (Wildman–Crippen LogP) is 0.300. The zero-order valence-electron chi connectivity index (χ0n) is 10.4. The van der Waals surface area contributed by atoms with Gasteiger partial charge in [0, 0.05) is 26.2 Å². The van der Waals surface area contributed by atoms with Crippen LogP contribution in [0, 0.1) is 6.92 Å². The van der Waals surface area contributed by atoms with E-state index in [2.05, 4.69) is 0 Å². The molecule has 2 rings (SSSR count). The zero-order chi connectivity index (χ0) is 13.1. The number of nitrogens with zero attached hydrogens (tertiary/aromatic N) is 2. The summed E-state index contributed by atoms with van der Waals surface area (Å²) in [7, 11) is 0. The van der Waals surface area contributed by atoms with Gasteiger partial charge in [0.2, 0.25) is 5.91 Å². The second kappa shape index (κ2) is 5.49. The number of thiophene rings is 1. The van der Waals surface area contributed by atoms with Gasteiger partial charge in [-0.05, 0) is 23.9 Å². The molecule has 1 fully saturated rings. The van der Waals surface area contributed by atoms with Crippen molar-refractivity contribution in [2.75, 3.05) is 32.7 Å². The molecule has 0 atom stereocenters. The summed E-state index contributed by atoms with van der Waals surface area (Å²) in [5, 5.41) is 1.93. The summed E-state index contributed by atoms with van der Waals surface area (Å²) in [4.78, 5) is 28.0. The van der Waals surface area contributed by atoms with E-state index in [1.807, 2.05) is 18.4 Å². The van der Waals surface area contributed by atoms with Crippen molar-refractivity contribution in [3.05, 3.63) is 21.9 Å². The number of rotatable bonds is 2. The van der Waals surface area contributed by atoms with E-state index in [1.54, 1.807) is 9.80 Å². The van der Waals surface area contributed by atoms with E-state index < -0.39 is 0 Å². The van der Waals surface area contributed by atoms with Crippen molar-refractivity contribution in [1.82, 2.24) is 9.80 Å². The molecular weight excluding hydrogens is 250 g/mol. The van der Waals surface area contributed by atoms with Gasteiger partial charge >= 0.3 is 0 Å². The molecule has 1 aromatic heterocycles. The van der Waals surface area contributed by atoms with Gasteiger partial charge in [-0.3, -0.25) is 9.59 Å². The smallest absolute Gasteiger partial charge is 0.264 e. The fourth-order valence-corrected chi connectivity index (χ4v) is 2.92. The number of carbonyl (C=O) groups is 2. The number of hydrogen-bond donors (Lipinski definition) is 1. The van der Waals surface area contributed by atoms with Crippen LogP contribution in [0.3, 0.4) is 0 Å². The third-order valence-corrected chi connectivity index (χ3v) is 4.16. The monoisotopic (exact) mass is 267 g/mol. The molecule has 2 heterocycles. The SMILES string of the molecule is Cc1ccsc1C(=O)N1CCN(C(=O)CN)CC1. The van der Waals surface area contributed by atoms with Gasteiger partial charge in [0.1, 0.15) is 0 Å². The van der Waals surface area contributed by atoms with Crippen LogP contribution in [0.1, 0.15) is 15.2 Å². The highest BCUT2D eigenvalue weighted by atomic mass is 32.1. The number of hydrogen-bond acceptors (Lipinski definition) is 4. The normalized spacial score (nSPS) is 15.9. The van der Waals surface area contributed by atoms with Crippen molar-refractivity contribution in [3.8, 4) is 0 Å². The summed E-state index contributed by atoms with van der Waals surface area (Å²) < 4.78 is 0. The largest absolute Gasteiger partial charge is 0.338 e. The van der Waals surface area contributed by atoms with Crippen LogP contribution >= 0.6 is 11.3 Å². The minimum atomic E-state index is -0.0468. The molecule has 0 aliphatic carbocycles. The summed E-state index contributed by atoms with van der Waals surface area (Å²) >= 11 is 1.47. The third kappa shape index (κ3) is 2.54. The van der Waals surface area contributed by atoms with E-state index in [0.717, 1.165) is 10.4 Å². The Morgan fingerprint density at radius 1 is 1.28 bits per heavy atom. The van der Waals surface area contributed by atoms with Gasteiger partial charge in [0.15, 0.2) is 0 Å². The van der Waals surface area contributed by atoms with Gasteiger partial charge in [-0.2, -0.15) is 0 Å². The van der Waals surface area contributed by atoms with E-state index in [1.165, 1.54) is 11.3 Å². The van der Waals surface area contributed by atoms with Crippen LogP contribution in [0.2, 0.25) is 0 Å². The van der Waals surface area contributed by atoms with E-state index in [-0.39, 0.29) is 18.4 Å². The standard InChI is InChI=1S/C12H17N3O2S/c1-9-2-7-18-11(9)12(17)15-5-3-14(4-6-15)10(16)8-13/h2,7H,3-6,8,13H2,1H3. The lowest BCUT2D eigenvalue weighted by atomic mass is 10.2. The molecule has 1 aromatic rings. The summed E-state index contributed by atoms with van der Waals surface area (Å²) in [6.07, 6.45) is 0. The Morgan fingerprint density at radius 3 is 2.39 bits per heavy atom. The van der Waals surface area contributed by atoms with Crippen molar-refractivity contribution in [3.63, 3.8) is 0 Å². The summed E-state index contributed by atoms with van der Waals surface area (Å²) in [6.45, 7) is 4.30. The second-order valence-electron chi connectivity index (χ2n) is 4.31. The molecule has 0 saturated carbocycles. The molecule has 0 aromatic carbocycles. The average molecular weight is 267 g/mol. The third-order valence-electron chi connectivity index (χ3n) is 3.15. The Balaban J connectivity index is 1.96. The molecule has 98 valence electrons. The first-order chi connectivity index (χ1) is 8.63. The van der Waals surface area contributed by atoms with E-state index >= 15 is 0 Å². The summed E-state index contributed by atoms with van der Waals surface area (Å²) in [5.74, 6) is 0.0248. The molecule has 1 aliphatic rings. The highest BCUT2D eigenvalue weighted by Crippen LogP contribution is 2.18. The van der Waals surface area contributed by atoms with E-state index in [0.29, 0.717) is 26.2 Å². The van der Waals surface area contributed by atoms with Crippen molar-refractivity contribution >= 4 is 23.2 Å². The molecule has 1 saturated heterocycles. The molecule has 0 radical (unpaired) electrons. The summed E-state index contributed by atoms with van der Waals surface area (Å²) in [6, 6.07) is 1.95. The van der Waals surface area contributed by atoms with Gasteiger partial charge < -0.3 is 15.5 Å². The van der Waals surface area contributed by atoms with Crippen LogP contribution in [-0.2, 0) is 4.79 Å². The number of aryl methyl sites for hydroxylation is 1. The van der Waals surface area contributed by atoms with Crippen LogP contribution in [0.25, 0.3) is 0 Å². The topological polar surface area (TPSA) is 66.6 Å². The number of piperazine rings is 1. The van der Waals surface area contributed by atoms with E-state index in [4.69, 9.17) is 5.73 Å². The zero-order valence-corrected chi connectivity index (χ0v) is 11.2. The second-order valence-corrected chi connectivity index (χ2v) is 5.23. The molecule has 5 nitrogen and oxygen atoms in total. The quantitative estimate of drug-likeness (QED) is 0.838. The molecule has 18 heavy (non-hydrogen) atoms. The number of carbonyl (C=O) groups excluding carboxylic acids is 2. The van der Waals surface area contributed by atoms with Gasteiger partial charge in [-0.15, -0.1) is 11.3 Å². The van der Waals surface area contributed by atoms with Crippen LogP contribution in [0.5, 0.6) is 0 Å². The van der Waals surface area contributed by atoms with Gasteiger partial charge in [-0.25, -0.2) is 0 Å². The van der Waals surface area contributed by atoms with E-state index in [9.17, 15) is 9.59 Å². The lowest BCUT2D eigenvalue weighted by molar-refractivity contribution is -0.131. The fraction of sp³-hybridized carbons (Fsp3) is 0.500. The highest BCUT2D eigenvalue weighted by molar-refractivity contribution is 7.12. The Bertz CT molecular complexity index is 450. The number of amides is 2. The maximum Gasteiger partial charge on any atom is 0.264 e. The molecular formula is C12H17N3O2S. The van der Waals surface area contributed by atoms with Gasteiger partial charge in [0.25, 0.3) is 5.91 Å². The van der Waals surface area contributed by atoms with Crippen LogP contribution in [-0.4, -0.2) is 54.3 Å². The van der Waals surface area contributed by atoms with Gasteiger partial charge in [0.05, 0.1) is 11.4 Å². The molecule has 2 N–H and O–H groups in total. The predicted molar refractivity (Wildman–Crippen MR) is 70.6 cm³/mol. The van der Waals surface area contributed by atoms with Crippen LogP contribution in [0.4, 0.5) is 0 Å². The summed E-state index contributed by atoms with van der Waals surface area (Å²) in [5.41, 5.74) is 6.34. The average Bonchev–Trinajstić information content (AvgIpc) is 2.83. The Hall–Kier alpha value is -1.40.